The molecular weight excluding hydrogens is 340 g/mol. The number of benzene rings is 2. The van der Waals surface area contributed by atoms with Crippen LogP contribution in [0.25, 0.3) is 0 Å². The average Bonchev–Trinajstić information content (AvgIpc) is 2.67. The molecule has 0 fully saturated rings. The van der Waals surface area contributed by atoms with Gasteiger partial charge in [0.2, 0.25) is 5.91 Å². The van der Waals surface area contributed by atoms with E-state index in [-0.39, 0.29) is 24.4 Å². The normalized spacial score (nSPS) is 11.5. The van der Waals surface area contributed by atoms with Gasteiger partial charge in [0.1, 0.15) is 5.75 Å². The van der Waals surface area contributed by atoms with Gasteiger partial charge in [-0.1, -0.05) is 37.6 Å². The summed E-state index contributed by atoms with van der Waals surface area (Å²) in [5, 5.41) is 5.56. The van der Waals surface area contributed by atoms with Gasteiger partial charge < -0.3 is 15.4 Å². The number of aryl methyl sites for hydroxylation is 1. The Labute approximate surface area is 161 Å². The molecule has 2 rings (SSSR count). The maximum atomic E-state index is 12.2. The van der Waals surface area contributed by atoms with Crippen molar-refractivity contribution in [3.63, 3.8) is 0 Å². The molecular formula is C22H28N2O3. The first-order chi connectivity index (χ1) is 13.0. The number of hydrogen-bond donors (Lipinski definition) is 2. The lowest BCUT2D eigenvalue weighted by molar-refractivity contribution is -0.120. The Morgan fingerprint density at radius 1 is 1.07 bits per heavy atom. The minimum absolute atomic E-state index is 0.0657. The zero-order valence-corrected chi connectivity index (χ0v) is 16.2. The van der Waals surface area contributed by atoms with Crippen molar-refractivity contribution in [3.8, 4) is 5.75 Å². The lowest BCUT2D eigenvalue weighted by Crippen LogP contribution is -2.38. The van der Waals surface area contributed by atoms with Gasteiger partial charge in [-0.3, -0.25) is 9.59 Å². The van der Waals surface area contributed by atoms with E-state index in [1.807, 2.05) is 38.1 Å². The molecule has 2 N–H and O–H groups in total. The maximum Gasteiger partial charge on any atom is 0.251 e. The van der Waals surface area contributed by atoms with Gasteiger partial charge in [0, 0.05) is 5.56 Å². The molecule has 144 valence electrons. The van der Waals surface area contributed by atoms with Gasteiger partial charge in [-0.15, -0.1) is 0 Å². The van der Waals surface area contributed by atoms with E-state index in [9.17, 15) is 9.59 Å². The number of rotatable bonds is 9. The fourth-order valence-electron chi connectivity index (χ4n) is 2.74. The van der Waals surface area contributed by atoms with E-state index < -0.39 is 0 Å². The Morgan fingerprint density at radius 3 is 2.44 bits per heavy atom. The highest BCUT2D eigenvalue weighted by Gasteiger charge is 2.13. The van der Waals surface area contributed by atoms with Gasteiger partial charge in [0.15, 0.2) is 0 Å². The fraction of sp³-hybridized carbons (Fsp3) is 0.364. The Hall–Kier alpha value is -2.82. The topological polar surface area (TPSA) is 67.4 Å². The summed E-state index contributed by atoms with van der Waals surface area (Å²) in [6, 6.07) is 14.7. The van der Waals surface area contributed by atoms with Crippen LogP contribution in [0.5, 0.6) is 5.75 Å². The van der Waals surface area contributed by atoms with Gasteiger partial charge in [-0.25, -0.2) is 0 Å². The van der Waals surface area contributed by atoms with E-state index >= 15 is 0 Å². The van der Waals surface area contributed by atoms with Crippen LogP contribution in [0.4, 0.5) is 0 Å². The largest absolute Gasteiger partial charge is 0.494 e. The van der Waals surface area contributed by atoms with Crippen molar-refractivity contribution in [1.82, 2.24) is 10.6 Å². The molecule has 2 aromatic rings. The fourth-order valence-corrected chi connectivity index (χ4v) is 2.74. The van der Waals surface area contributed by atoms with Crippen LogP contribution >= 0.6 is 0 Å². The van der Waals surface area contributed by atoms with Crippen LogP contribution in [0, 0.1) is 6.92 Å². The van der Waals surface area contributed by atoms with Crippen LogP contribution < -0.4 is 15.4 Å². The zero-order chi connectivity index (χ0) is 19.6. The molecule has 0 saturated heterocycles. The molecule has 0 aliphatic carbocycles. The summed E-state index contributed by atoms with van der Waals surface area (Å²) in [7, 11) is 0. The molecule has 0 saturated carbocycles. The maximum absolute atomic E-state index is 12.2. The molecule has 5 nitrogen and oxygen atoms in total. The standard InChI is InChI=1S/C22H28N2O3/c1-4-5-14-27-19-12-10-18(11-13-19)22(26)23-15-21(25)24-17(3)20-9-7-6-8-16(20)2/h6-13,17H,4-5,14-15H2,1-3H3,(H,23,26)(H,24,25). The highest BCUT2D eigenvalue weighted by Crippen LogP contribution is 2.16. The van der Waals surface area contributed by atoms with E-state index in [1.54, 1.807) is 24.3 Å². The quantitative estimate of drug-likeness (QED) is 0.662. The van der Waals surface area contributed by atoms with Crippen LogP contribution in [-0.4, -0.2) is 25.0 Å². The summed E-state index contributed by atoms with van der Waals surface area (Å²) in [5.41, 5.74) is 2.68. The first-order valence-electron chi connectivity index (χ1n) is 9.37. The molecule has 2 aromatic carbocycles. The second kappa shape index (κ2) is 10.4. The molecule has 1 unspecified atom stereocenters. The number of amides is 2. The molecule has 0 aliphatic heterocycles. The second-order valence-electron chi connectivity index (χ2n) is 6.55. The van der Waals surface area contributed by atoms with Crippen molar-refractivity contribution in [1.29, 1.82) is 0 Å². The molecule has 0 radical (unpaired) electrons. The second-order valence-corrected chi connectivity index (χ2v) is 6.55. The first-order valence-corrected chi connectivity index (χ1v) is 9.37. The molecule has 0 aromatic heterocycles. The van der Waals surface area contributed by atoms with Crippen molar-refractivity contribution in [2.75, 3.05) is 13.2 Å². The molecule has 0 spiro atoms. The van der Waals surface area contributed by atoms with Crippen molar-refractivity contribution >= 4 is 11.8 Å². The predicted molar refractivity (Wildman–Crippen MR) is 107 cm³/mol. The van der Waals surface area contributed by atoms with Gasteiger partial charge in [0.05, 0.1) is 19.2 Å². The van der Waals surface area contributed by atoms with Crippen LogP contribution in [0.2, 0.25) is 0 Å². The van der Waals surface area contributed by atoms with E-state index in [1.165, 1.54) is 0 Å². The highest BCUT2D eigenvalue weighted by atomic mass is 16.5. The third-order valence-electron chi connectivity index (χ3n) is 4.33. The molecule has 1 atom stereocenters. The summed E-state index contributed by atoms with van der Waals surface area (Å²) in [6.07, 6.45) is 2.07. The molecule has 0 bridgehead atoms. The lowest BCUT2D eigenvalue weighted by Gasteiger charge is -2.16. The Morgan fingerprint density at radius 2 is 1.78 bits per heavy atom. The Bertz CT molecular complexity index is 756. The molecule has 0 aliphatic rings. The molecule has 27 heavy (non-hydrogen) atoms. The summed E-state index contributed by atoms with van der Waals surface area (Å²) in [4.78, 5) is 24.3. The minimum atomic E-state index is -0.284. The molecule has 5 heteroatoms. The van der Waals surface area contributed by atoms with Crippen molar-refractivity contribution in [2.24, 2.45) is 0 Å². The summed E-state index contributed by atoms with van der Waals surface area (Å²) >= 11 is 0. The van der Waals surface area contributed by atoms with E-state index in [0.29, 0.717) is 12.2 Å². The third-order valence-corrected chi connectivity index (χ3v) is 4.33. The summed E-state index contributed by atoms with van der Waals surface area (Å²) in [5.74, 6) is 0.234. The SMILES string of the molecule is CCCCOc1ccc(C(=O)NCC(=O)NC(C)c2ccccc2C)cc1. The number of ether oxygens (including phenoxy) is 1. The van der Waals surface area contributed by atoms with Gasteiger partial charge in [-0.2, -0.15) is 0 Å². The van der Waals surface area contributed by atoms with Crippen LogP contribution in [-0.2, 0) is 4.79 Å². The van der Waals surface area contributed by atoms with Crippen LogP contribution in [0.3, 0.4) is 0 Å². The number of carbonyl (C=O) groups is 2. The number of nitrogens with one attached hydrogen (secondary N) is 2. The molecule has 0 heterocycles. The minimum Gasteiger partial charge on any atom is -0.494 e. The predicted octanol–water partition coefficient (Wildman–Crippen LogP) is 3.78. The van der Waals surface area contributed by atoms with E-state index in [2.05, 4.69) is 17.6 Å². The van der Waals surface area contributed by atoms with Crippen LogP contribution in [0.1, 0.15) is 54.2 Å². The number of unbranched alkanes of at least 4 members (excludes halogenated alkanes) is 1. The zero-order valence-electron chi connectivity index (χ0n) is 16.2. The monoisotopic (exact) mass is 368 g/mol. The summed E-state index contributed by atoms with van der Waals surface area (Å²) < 4.78 is 5.58. The Kier molecular flexibility index (Phi) is 7.86. The van der Waals surface area contributed by atoms with Gasteiger partial charge in [-0.05, 0) is 55.7 Å². The van der Waals surface area contributed by atoms with Crippen LogP contribution in [0.15, 0.2) is 48.5 Å². The van der Waals surface area contributed by atoms with Gasteiger partial charge >= 0.3 is 0 Å². The highest BCUT2D eigenvalue weighted by molar-refractivity contribution is 5.96. The number of carbonyl (C=O) groups excluding carboxylic acids is 2. The average molecular weight is 368 g/mol. The van der Waals surface area contributed by atoms with E-state index in [0.717, 1.165) is 29.7 Å². The third kappa shape index (κ3) is 6.44. The van der Waals surface area contributed by atoms with Crippen molar-refractivity contribution < 1.29 is 14.3 Å². The smallest absolute Gasteiger partial charge is 0.251 e. The first kappa shape index (κ1) is 20.5. The summed E-state index contributed by atoms with van der Waals surface area (Å²) in [6.45, 7) is 6.65. The lowest BCUT2D eigenvalue weighted by atomic mass is 10.0. The van der Waals surface area contributed by atoms with Crippen molar-refractivity contribution in [2.45, 2.75) is 39.7 Å². The van der Waals surface area contributed by atoms with Gasteiger partial charge in [0.25, 0.3) is 5.91 Å². The molecule has 2 amide bonds. The van der Waals surface area contributed by atoms with E-state index in [4.69, 9.17) is 4.74 Å². The number of hydrogen-bond acceptors (Lipinski definition) is 3. The van der Waals surface area contributed by atoms with Crippen molar-refractivity contribution in [3.05, 3.63) is 65.2 Å². The Balaban J connectivity index is 1.80.